The van der Waals surface area contributed by atoms with Crippen LogP contribution in [0.2, 0.25) is 0 Å². The Morgan fingerprint density at radius 2 is 2.07 bits per heavy atom. The summed E-state index contributed by atoms with van der Waals surface area (Å²) in [6.45, 7) is 0. The van der Waals surface area contributed by atoms with Gasteiger partial charge in [-0.15, -0.1) is 0 Å². The van der Waals surface area contributed by atoms with Crippen molar-refractivity contribution in [2.75, 3.05) is 5.43 Å². The fourth-order valence-electron chi connectivity index (χ4n) is 1.04. The molecule has 1 aromatic carbocycles. The van der Waals surface area contributed by atoms with E-state index >= 15 is 0 Å². The predicted molar refractivity (Wildman–Crippen MR) is 54.3 cm³/mol. The van der Waals surface area contributed by atoms with Gasteiger partial charge < -0.3 is 5.21 Å². The van der Waals surface area contributed by atoms with Crippen molar-refractivity contribution in [3.8, 4) is 11.4 Å². The minimum Gasteiger partial charge on any atom is -0.609 e. The molecule has 0 bridgehead atoms. The number of hydrogen-bond donors (Lipinski definition) is 2. The molecule has 0 aliphatic heterocycles. The van der Waals surface area contributed by atoms with E-state index in [1.807, 2.05) is 30.3 Å². The summed E-state index contributed by atoms with van der Waals surface area (Å²) in [5.41, 5.74) is 4.00. The van der Waals surface area contributed by atoms with Gasteiger partial charge in [0.2, 0.25) is 5.13 Å². The van der Waals surface area contributed by atoms with Gasteiger partial charge in [0.1, 0.15) is 0 Å². The molecule has 0 radical (unpaired) electrons. The van der Waals surface area contributed by atoms with Gasteiger partial charge in [-0.1, -0.05) is 30.3 Å². The van der Waals surface area contributed by atoms with Crippen molar-refractivity contribution in [3.05, 3.63) is 35.5 Å². The number of nitrogen functional groups attached to an aromatic ring is 1. The van der Waals surface area contributed by atoms with Gasteiger partial charge in [0.15, 0.2) is 5.82 Å². The second-order valence-corrected chi connectivity index (χ2v) is 3.30. The number of hydrogen-bond acceptors (Lipinski definition) is 5. The van der Waals surface area contributed by atoms with E-state index in [9.17, 15) is 5.21 Å². The normalized spacial score (nSPS) is 10.1. The molecule has 72 valence electrons. The Kier molecular flexibility index (Phi) is 2.68. The summed E-state index contributed by atoms with van der Waals surface area (Å²) in [4.78, 5) is 4.14. The number of nitrogens with two attached hydrogens (primary N) is 1. The van der Waals surface area contributed by atoms with Crippen molar-refractivity contribution in [1.82, 2.24) is 9.36 Å². The second-order valence-electron chi connectivity index (χ2n) is 2.55. The van der Waals surface area contributed by atoms with Crippen LogP contribution in [0.3, 0.4) is 0 Å². The standard InChI is InChI=1S/C8H8N4OS/c13-12-10-8-9-7(11-14-8)6-4-2-1-3-5-6/h1-5H,12H2,(H,9,10,11). The third-order valence-corrected chi connectivity index (χ3v) is 2.29. The van der Waals surface area contributed by atoms with Gasteiger partial charge in [-0.3, -0.25) is 5.59 Å². The zero-order valence-corrected chi connectivity index (χ0v) is 7.99. The maximum atomic E-state index is 10.1. The molecule has 5 nitrogen and oxygen atoms in total. The summed E-state index contributed by atoms with van der Waals surface area (Å²) >= 11 is 1.17. The number of anilines is 1. The van der Waals surface area contributed by atoms with Crippen LogP contribution in [-0.4, -0.2) is 9.36 Å². The van der Waals surface area contributed by atoms with E-state index in [2.05, 4.69) is 14.8 Å². The summed E-state index contributed by atoms with van der Waals surface area (Å²) in [6, 6.07) is 9.62. The Balaban J connectivity index is 2.25. The van der Waals surface area contributed by atoms with Gasteiger partial charge in [-0.2, -0.15) is 9.36 Å². The van der Waals surface area contributed by atoms with Gasteiger partial charge in [-0.05, 0) is 0 Å². The van der Waals surface area contributed by atoms with Crippen LogP contribution < -0.4 is 11.0 Å². The van der Waals surface area contributed by atoms with Gasteiger partial charge in [0.05, 0.1) is 0 Å². The largest absolute Gasteiger partial charge is 0.609 e. The molecule has 0 aliphatic carbocycles. The summed E-state index contributed by atoms with van der Waals surface area (Å²) in [7, 11) is 0. The maximum absolute atomic E-state index is 10.1. The number of nitrogens with one attached hydrogen (secondary N) is 1. The molecule has 0 saturated heterocycles. The summed E-state index contributed by atoms with van der Waals surface area (Å²) in [5, 5.41) is 10.7. The van der Waals surface area contributed by atoms with Crippen LogP contribution in [-0.2, 0) is 0 Å². The van der Waals surface area contributed by atoms with Crippen molar-refractivity contribution < 1.29 is 5.59 Å². The van der Waals surface area contributed by atoms with Gasteiger partial charge in [0, 0.05) is 17.1 Å². The molecule has 0 spiro atoms. The van der Waals surface area contributed by atoms with Crippen LogP contribution in [0.5, 0.6) is 0 Å². The first kappa shape index (κ1) is 9.07. The van der Waals surface area contributed by atoms with Crippen LogP contribution in [0.15, 0.2) is 30.3 Å². The lowest BCUT2D eigenvalue weighted by Gasteiger charge is -1.98. The lowest BCUT2D eigenvalue weighted by Crippen LogP contribution is -2.82. The highest BCUT2D eigenvalue weighted by atomic mass is 32.1. The first-order valence-electron chi connectivity index (χ1n) is 3.99. The molecular formula is C8H8N4OS. The molecule has 0 atom stereocenters. The molecule has 2 rings (SSSR count). The van der Waals surface area contributed by atoms with Crippen molar-refractivity contribution in [3.63, 3.8) is 0 Å². The van der Waals surface area contributed by atoms with Crippen LogP contribution in [0.25, 0.3) is 11.4 Å². The molecule has 1 aromatic heterocycles. The average molecular weight is 208 g/mol. The molecule has 14 heavy (non-hydrogen) atoms. The molecule has 0 fully saturated rings. The molecule has 0 amide bonds. The summed E-state index contributed by atoms with van der Waals surface area (Å²) in [6.07, 6.45) is 0. The average Bonchev–Trinajstić information content (AvgIpc) is 2.68. The van der Waals surface area contributed by atoms with Crippen LogP contribution in [0.1, 0.15) is 0 Å². The highest BCUT2D eigenvalue weighted by molar-refractivity contribution is 7.09. The predicted octanol–water partition coefficient (Wildman–Crippen LogP) is 0.593. The molecular weight excluding hydrogens is 200 g/mol. The smallest absolute Gasteiger partial charge is 0.250 e. The number of nitrogens with zero attached hydrogens (tertiary/aromatic N) is 2. The van der Waals surface area contributed by atoms with Gasteiger partial charge in [0.25, 0.3) is 0 Å². The van der Waals surface area contributed by atoms with E-state index < -0.39 is 0 Å². The number of aromatic nitrogens is 2. The number of benzene rings is 1. The molecule has 0 aliphatic rings. The lowest BCUT2D eigenvalue weighted by molar-refractivity contribution is -0.556. The highest BCUT2D eigenvalue weighted by Gasteiger charge is 2.04. The van der Waals surface area contributed by atoms with Crippen LogP contribution in [0.4, 0.5) is 5.13 Å². The first-order chi connectivity index (χ1) is 6.90. The van der Waals surface area contributed by atoms with Gasteiger partial charge >= 0.3 is 0 Å². The Labute approximate surface area is 84.5 Å². The number of quaternary nitrogens is 1. The molecule has 0 unspecified atom stereocenters. The van der Waals surface area contributed by atoms with Crippen LogP contribution in [0, 0.1) is 5.21 Å². The van der Waals surface area contributed by atoms with E-state index in [0.29, 0.717) is 16.5 Å². The Morgan fingerprint density at radius 1 is 1.29 bits per heavy atom. The second kappa shape index (κ2) is 4.14. The Hall–Kier alpha value is -1.50. The molecule has 0 saturated carbocycles. The fraction of sp³-hybridized carbons (Fsp3) is 0. The number of rotatable bonds is 3. The monoisotopic (exact) mass is 208 g/mol. The van der Waals surface area contributed by atoms with Crippen LogP contribution >= 0.6 is 11.5 Å². The zero-order chi connectivity index (χ0) is 9.80. The maximum Gasteiger partial charge on any atom is 0.250 e. The van der Waals surface area contributed by atoms with Crippen molar-refractivity contribution in [2.45, 2.75) is 0 Å². The topological polar surface area (TPSA) is 77.5 Å². The summed E-state index contributed by atoms with van der Waals surface area (Å²) in [5.74, 6) is 0.639. The van der Waals surface area contributed by atoms with Gasteiger partial charge in [-0.25, -0.2) is 5.43 Å². The highest BCUT2D eigenvalue weighted by Crippen LogP contribution is 2.19. The summed E-state index contributed by atoms with van der Waals surface area (Å²) < 4.78 is 4.11. The lowest BCUT2D eigenvalue weighted by atomic mass is 10.2. The minimum absolute atomic E-state index is 0.513. The van der Waals surface area contributed by atoms with E-state index in [1.165, 1.54) is 11.5 Å². The quantitative estimate of drug-likeness (QED) is 0.571. The minimum atomic E-state index is 0.513. The molecule has 6 heteroatoms. The van der Waals surface area contributed by atoms with Crippen molar-refractivity contribution in [2.24, 2.45) is 0 Å². The third kappa shape index (κ3) is 1.87. The third-order valence-electron chi connectivity index (χ3n) is 1.64. The first-order valence-corrected chi connectivity index (χ1v) is 4.77. The Bertz CT molecular complexity index is 403. The van der Waals surface area contributed by atoms with Crippen molar-refractivity contribution in [1.29, 1.82) is 0 Å². The van der Waals surface area contributed by atoms with E-state index in [1.54, 1.807) is 0 Å². The fourth-order valence-corrected chi connectivity index (χ4v) is 1.58. The molecule has 1 heterocycles. The van der Waals surface area contributed by atoms with Crippen molar-refractivity contribution >= 4 is 16.7 Å². The van der Waals surface area contributed by atoms with E-state index in [4.69, 9.17) is 0 Å². The molecule has 2 aromatic rings. The zero-order valence-electron chi connectivity index (χ0n) is 7.18. The Morgan fingerprint density at radius 3 is 2.79 bits per heavy atom. The van der Waals surface area contributed by atoms with E-state index in [0.717, 1.165) is 5.56 Å². The SMILES string of the molecule is [O-][NH2+]Nc1nc(-c2ccccc2)ns1. The molecule has 3 N–H and O–H groups in total. The van der Waals surface area contributed by atoms with E-state index in [-0.39, 0.29) is 0 Å².